The molecule has 4 aromatic heterocycles. The molecule has 0 spiro atoms. The molecule has 0 atom stereocenters. The highest BCUT2D eigenvalue weighted by Crippen LogP contribution is 2.23. The standard InChI is InChI=1S/C28H24N8O2/c1-17-13-18(2)36-26(30-17)23(14-29-36)27(37)31-22-11-9-20(10-12-22)25-16-35(34-33-25)15-24-19(3)38-28(32-24)21-7-5-4-6-8-21/h4-14,16H,15H2,1-3H3,(H,31,37). The highest BCUT2D eigenvalue weighted by atomic mass is 16.4. The highest BCUT2D eigenvalue weighted by molar-refractivity contribution is 6.08. The number of anilines is 1. The van der Waals surface area contributed by atoms with Gasteiger partial charge < -0.3 is 9.73 Å². The van der Waals surface area contributed by atoms with E-state index >= 15 is 0 Å². The zero-order chi connectivity index (χ0) is 26.2. The van der Waals surface area contributed by atoms with E-state index < -0.39 is 0 Å². The van der Waals surface area contributed by atoms with Crippen molar-refractivity contribution in [2.24, 2.45) is 0 Å². The third-order valence-corrected chi connectivity index (χ3v) is 6.22. The molecule has 1 amide bonds. The predicted octanol–water partition coefficient (Wildman–Crippen LogP) is 4.87. The lowest BCUT2D eigenvalue weighted by Crippen LogP contribution is -2.12. The summed E-state index contributed by atoms with van der Waals surface area (Å²) in [5.41, 5.74) is 6.67. The van der Waals surface area contributed by atoms with E-state index in [-0.39, 0.29) is 5.91 Å². The highest BCUT2D eigenvalue weighted by Gasteiger charge is 2.16. The van der Waals surface area contributed by atoms with Gasteiger partial charge in [0.05, 0.1) is 18.9 Å². The molecule has 6 aromatic rings. The second-order valence-electron chi connectivity index (χ2n) is 9.05. The van der Waals surface area contributed by atoms with Gasteiger partial charge in [-0.2, -0.15) is 5.10 Å². The predicted molar refractivity (Wildman–Crippen MR) is 142 cm³/mol. The summed E-state index contributed by atoms with van der Waals surface area (Å²) < 4.78 is 9.25. The number of hydrogen-bond acceptors (Lipinski definition) is 7. The average molecular weight is 505 g/mol. The van der Waals surface area contributed by atoms with Gasteiger partial charge in [-0.3, -0.25) is 4.79 Å². The van der Waals surface area contributed by atoms with Gasteiger partial charge in [-0.05, 0) is 51.1 Å². The minimum absolute atomic E-state index is 0.269. The third kappa shape index (κ3) is 4.43. The van der Waals surface area contributed by atoms with Crippen LogP contribution in [-0.4, -0.2) is 40.5 Å². The van der Waals surface area contributed by atoms with Gasteiger partial charge in [0.15, 0.2) is 5.65 Å². The van der Waals surface area contributed by atoms with Crippen LogP contribution in [0.15, 0.2) is 77.5 Å². The van der Waals surface area contributed by atoms with Crippen molar-refractivity contribution in [3.8, 4) is 22.7 Å². The number of nitrogens with zero attached hydrogens (tertiary/aromatic N) is 7. The Morgan fingerprint density at radius 1 is 0.974 bits per heavy atom. The Kier molecular flexibility index (Phi) is 5.76. The molecule has 0 saturated carbocycles. The molecule has 2 aromatic carbocycles. The Balaban J connectivity index is 1.15. The molecule has 0 aliphatic carbocycles. The zero-order valence-electron chi connectivity index (χ0n) is 21.1. The number of fused-ring (bicyclic) bond motifs is 1. The Bertz CT molecular complexity index is 1760. The number of benzene rings is 2. The largest absolute Gasteiger partial charge is 0.441 e. The lowest BCUT2D eigenvalue weighted by Gasteiger charge is -2.06. The van der Waals surface area contributed by atoms with Crippen LogP contribution in [-0.2, 0) is 6.54 Å². The molecule has 0 radical (unpaired) electrons. The first-order valence-corrected chi connectivity index (χ1v) is 12.1. The number of oxazole rings is 1. The maximum Gasteiger partial charge on any atom is 0.261 e. The summed E-state index contributed by atoms with van der Waals surface area (Å²) in [6.07, 6.45) is 3.40. The minimum Gasteiger partial charge on any atom is -0.441 e. The number of rotatable bonds is 6. The summed E-state index contributed by atoms with van der Waals surface area (Å²) in [4.78, 5) is 22.0. The summed E-state index contributed by atoms with van der Waals surface area (Å²) in [5, 5.41) is 15.8. The number of carbonyl (C=O) groups excluding carboxylic acids is 1. The molecule has 38 heavy (non-hydrogen) atoms. The summed E-state index contributed by atoms with van der Waals surface area (Å²) in [7, 11) is 0. The van der Waals surface area contributed by atoms with Crippen molar-refractivity contribution in [2.45, 2.75) is 27.3 Å². The van der Waals surface area contributed by atoms with E-state index in [1.807, 2.05) is 87.6 Å². The summed E-state index contributed by atoms with van der Waals surface area (Å²) in [6, 6.07) is 19.1. The van der Waals surface area contributed by atoms with Gasteiger partial charge in [-0.1, -0.05) is 35.5 Å². The van der Waals surface area contributed by atoms with E-state index in [0.717, 1.165) is 34.0 Å². The molecule has 1 N–H and O–H groups in total. The van der Waals surface area contributed by atoms with Crippen molar-refractivity contribution in [1.29, 1.82) is 0 Å². The van der Waals surface area contributed by atoms with Crippen LogP contribution >= 0.6 is 0 Å². The van der Waals surface area contributed by atoms with E-state index in [1.54, 1.807) is 9.20 Å². The molecule has 4 heterocycles. The Labute approximate surface area is 218 Å². The molecule has 0 saturated heterocycles. The average Bonchev–Trinajstić information content (AvgIpc) is 3.64. The SMILES string of the molecule is Cc1cc(C)n2ncc(C(=O)Nc3ccc(-c4cn(Cc5nc(-c6ccccc6)oc5C)nn4)cc3)c2n1. The molecular weight excluding hydrogens is 480 g/mol. The van der Waals surface area contributed by atoms with Gasteiger partial charge in [0.2, 0.25) is 5.89 Å². The fourth-order valence-electron chi connectivity index (χ4n) is 4.29. The van der Waals surface area contributed by atoms with Crippen LogP contribution in [0.25, 0.3) is 28.4 Å². The molecule has 0 aliphatic heterocycles. The molecule has 6 rings (SSSR count). The first-order chi connectivity index (χ1) is 18.4. The van der Waals surface area contributed by atoms with E-state index in [1.165, 1.54) is 6.20 Å². The topological polar surface area (TPSA) is 116 Å². The minimum atomic E-state index is -0.269. The van der Waals surface area contributed by atoms with Crippen LogP contribution < -0.4 is 5.32 Å². The maximum absolute atomic E-state index is 12.9. The molecule has 10 heteroatoms. The Morgan fingerprint density at radius 3 is 2.55 bits per heavy atom. The zero-order valence-corrected chi connectivity index (χ0v) is 21.1. The third-order valence-electron chi connectivity index (χ3n) is 6.22. The van der Waals surface area contributed by atoms with Gasteiger partial charge in [-0.25, -0.2) is 19.2 Å². The molecule has 0 aliphatic rings. The lowest BCUT2D eigenvalue weighted by molar-refractivity contribution is 0.102. The second-order valence-corrected chi connectivity index (χ2v) is 9.05. The van der Waals surface area contributed by atoms with Gasteiger partial charge >= 0.3 is 0 Å². The van der Waals surface area contributed by atoms with Gasteiger partial charge in [0.1, 0.15) is 22.7 Å². The molecule has 188 valence electrons. The van der Waals surface area contributed by atoms with E-state index in [2.05, 4.69) is 30.7 Å². The Morgan fingerprint density at radius 2 is 1.76 bits per heavy atom. The summed E-state index contributed by atoms with van der Waals surface area (Å²) in [6.45, 7) is 6.16. The van der Waals surface area contributed by atoms with E-state index in [4.69, 9.17) is 4.42 Å². The lowest BCUT2D eigenvalue weighted by atomic mass is 10.1. The summed E-state index contributed by atoms with van der Waals surface area (Å²) in [5.74, 6) is 1.06. The van der Waals surface area contributed by atoms with Crippen LogP contribution in [0, 0.1) is 20.8 Å². The van der Waals surface area contributed by atoms with Gasteiger partial charge in [-0.15, -0.1) is 5.10 Å². The van der Waals surface area contributed by atoms with Crippen molar-refractivity contribution in [3.05, 3.63) is 101 Å². The van der Waals surface area contributed by atoms with Crippen molar-refractivity contribution in [2.75, 3.05) is 5.32 Å². The first-order valence-electron chi connectivity index (χ1n) is 12.1. The Hall–Kier alpha value is -5.12. The number of amides is 1. The molecular formula is C28H24N8O2. The maximum atomic E-state index is 12.9. The molecule has 10 nitrogen and oxygen atoms in total. The fourth-order valence-corrected chi connectivity index (χ4v) is 4.29. The van der Waals surface area contributed by atoms with Crippen molar-refractivity contribution < 1.29 is 9.21 Å². The fraction of sp³-hybridized carbons (Fsp3) is 0.143. The van der Waals surface area contributed by atoms with E-state index in [9.17, 15) is 4.79 Å². The number of nitrogens with one attached hydrogen (secondary N) is 1. The van der Waals surface area contributed by atoms with Crippen LogP contribution in [0.4, 0.5) is 5.69 Å². The van der Waals surface area contributed by atoms with Crippen molar-refractivity contribution in [1.82, 2.24) is 34.6 Å². The molecule has 0 fully saturated rings. The van der Waals surface area contributed by atoms with Crippen LogP contribution in [0.2, 0.25) is 0 Å². The van der Waals surface area contributed by atoms with Crippen LogP contribution in [0.3, 0.4) is 0 Å². The second kappa shape index (κ2) is 9.40. The number of aryl methyl sites for hydroxylation is 3. The number of carbonyl (C=O) groups is 1. The van der Waals surface area contributed by atoms with Crippen LogP contribution in [0.1, 0.15) is 33.2 Å². The van der Waals surface area contributed by atoms with Crippen LogP contribution in [0.5, 0.6) is 0 Å². The smallest absolute Gasteiger partial charge is 0.261 e. The number of hydrogen-bond donors (Lipinski definition) is 1. The van der Waals surface area contributed by atoms with Gasteiger partial charge in [0, 0.05) is 28.2 Å². The van der Waals surface area contributed by atoms with Crippen molar-refractivity contribution >= 4 is 17.2 Å². The summed E-state index contributed by atoms with van der Waals surface area (Å²) >= 11 is 0. The number of aromatic nitrogens is 7. The molecule has 0 bridgehead atoms. The molecule has 0 unspecified atom stereocenters. The van der Waals surface area contributed by atoms with E-state index in [0.29, 0.717) is 35.0 Å². The quantitative estimate of drug-likeness (QED) is 0.344. The first kappa shape index (κ1) is 23.3. The monoisotopic (exact) mass is 504 g/mol. The van der Waals surface area contributed by atoms with Gasteiger partial charge in [0.25, 0.3) is 5.91 Å². The van der Waals surface area contributed by atoms with Crippen molar-refractivity contribution in [3.63, 3.8) is 0 Å². The normalized spacial score (nSPS) is 11.2.